The molecule has 0 saturated heterocycles. The average Bonchev–Trinajstić information content (AvgIpc) is 2.07. The number of ketones is 1. The molecule has 2 rings (SSSR count). The number of rotatable bonds is 0. The number of fused-ring (bicyclic) bond motifs is 1. The number of carbonyl (C=O) groups is 1. The van der Waals surface area contributed by atoms with Crippen LogP contribution in [0.25, 0.3) is 0 Å². The van der Waals surface area contributed by atoms with Crippen molar-refractivity contribution in [3.63, 3.8) is 0 Å². The summed E-state index contributed by atoms with van der Waals surface area (Å²) < 4.78 is 0. The molecule has 68 valence electrons. The predicted molar refractivity (Wildman–Crippen MR) is 52.2 cm³/mol. The van der Waals surface area contributed by atoms with Crippen LogP contribution in [0.1, 0.15) is 16.8 Å². The topological polar surface area (TPSA) is 63.3 Å². The summed E-state index contributed by atoms with van der Waals surface area (Å²) in [4.78, 5) is 12.1. The van der Waals surface area contributed by atoms with Crippen LogP contribution in [0.5, 0.6) is 5.75 Å². The standard InChI is InChI=1S/C9H9NO2S/c10-5-3-6-7(11)1-2-13-9(6)8(12)4-5/h3-4,12H,1-2,10H2. The minimum atomic E-state index is 0.0661. The van der Waals surface area contributed by atoms with Crippen LogP contribution >= 0.6 is 11.8 Å². The number of anilines is 1. The Morgan fingerprint density at radius 1 is 1.46 bits per heavy atom. The van der Waals surface area contributed by atoms with Gasteiger partial charge in [-0.15, -0.1) is 11.8 Å². The van der Waals surface area contributed by atoms with Crippen LogP contribution < -0.4 is 5.73 Å². The molecular formula is C9H9NO2S. The molecule has 0 amide bonds. The largest absolute Gasteiger partial charge is 0.507 e. The second kappa shape index (κ2) is 2.96. The molecule has 1 aliphatic rings. The van der Waals surface area contributed by atoms with E-state index in [1.54, 1.807) is 6.07 Å². The van der Waals surface area contributed by atoms with Gasteiger partial charge in [0.2, 0.25) is 0 Å². The molecule has 0 aromatic heterocycles. The molecule has 3 N–H and O–H groups in total. The number of nitrogen functional groups attached to an aromatic ring is 1. The average molecular weight is 195 g/mol. The van der Waals surface area contributed by atoms with Crippen LogP contribution in [0.3, 0.4) is 0 Å². The first-order chi connectivity index (χ1) is 6.18. The van der Waals surface area contributed by atoms with Crippen LogP contribution in [0, 0.1) is 0 Å². The molecule has 0 spiro atoms. The number of phenols is 1. The fourth-order valence-corrected chi connectivity index (χ4v) is 2.40. The lowest BCUT2D eigenvalue weighted by Crippen LogP contribution is -2.08. The van der Waals surface area contributed by atoms with Crippen LogP contribution in [0.2, 0.25) is 0 Å². The normalized spacial score (nSPS) is 15.5. The molecule has 1 aliphatic heterocycles. The molecule has 0 bridgehead atoms. The lowest BCUT2D eigenvalue weighted by molar-refractivity contribution is 0.0984. The van der Waals surface area contributed by atoms with Crippen molar-refractivity contribution >= 4 is 23.2 Å². The quantitative estimate of drug-likeness (QED) is 0.618. The number of Topliss-reactive ketones (excluding diaryl/α,β-unsaturated/α-hetero) is 1. The number of benzene rings is 1. The van der Waals surface area contributed by atoms with Crippen molar-refractivity contribution in [3.05, 3.63) is 17.7 Å². The van der Waals surface area contributed by atoms with E-state index < -0.39 is 0 Å². The van der Waals surface area contributed by atoms with Crippen molar-refractivity contribution < 1.29 is 9.90 Å². The number of hydrogen-bond donors (Lipinski definition) is 2. The van der Waals surface area contributed by atoms with Gasteiger partial charge < -0.3 is 10.8 Å². The molecule has 3 nitrogen and oxygen atoms in total. The van der Waals surface area contributed by atoms with E-state index in [1.165, 1.54) is 17.8 Å². The van der Waals surface area contributed by atoms with E-state index in [-0.39, 0.29) is 11.5 Å². The minimum Gasteiger partial charge on any atom is -0.507 e. The Hall–Kier alpha value is -1.16. The summed E-state index contributed by atoms with van der Waals surface area (Å²) in [6.07, 6.45) is 0.528. The SMILES string of the molecule is Nc1cc(O)c2c(c1)C(=O)CCS2. The molecular weight excluding hydrogens is 186 g/mol. The summed E-state index contributed by atoms with van der Waals surface area (Å²) in [5.41, 5.74) is 6.52. The van der Waals surface area contributed by atoms with E-state index in [9.17, 15) is 9.90 Å². The predicted octanol–water partition coefficient (Wildman–Crippen LogP) is 1.65. The van der Waals surface area contributed by atoms with Gasteiger partial charge in [0.1, 0.15) is 5.75 Å². The second-order valence-electron chi connectivity index (χ2n) is 2.94. The third kappa shape index (κ3) is 1.37. The van der Waals surface area contributed by atoms with Crippen molar-refractivity contribution in [2.24, 2.45) is 0 Å². The van der Waals surface area contributed by atoms with Gasteiger partial charge in [-0.25, -0.2) is 0 Å². The van der Waals surface area contributed by atoms with Gasteiger partial charge >= 0.3 is 0 Å². The van der Waals surface area contributed by atoms with E-state index >= 15 is 0 Å². The molecule has 4 heteroatoms. The van der Waals surface area contributed by atoms with Gasteiger partial charge in [0.25, 0.3) is 0 Å². The Morgan fingerprint density at radius 3 is 3.00 bits per heavy atom. The van der Waals surface area contributed by atoms with Crippen LogP contribution in [0.4, 0.5) is 5.69 Å². The highest BCUT2D eigenvalue weighted by atomic mass is 32.2. The lowest BCUT2D eigenvalue weighted by Gasteiger charge is -2.15. The maximum absolute atomic E-state index is 11.4. The first-order valence-corrected chi connectivity index (χ1v) is 4.95. The van der Waals surface area contributed by atoms with E-state index in [1.807, 2.05) is 0 Å². The van der Waals surface area contributed by atoms with Crippen LogP contribution in [-0.4, -0.2) is 16.6 Å². The van der Waals surface area contributed by atoms with Crippen LogP contribution in [0.15, 0.2) is 17.0 Å². The maximum Gasteiger partial charge on any atom is 0.165 e. The highest BCUT2D eigenvalue weighted by molar-refractivity contribution is 7.99. The fraction of sp³-hybridized carbons (Fsp3) is 0.222. The number of thioether (sulfide) groups is 1. The summed E-state index contributed by atoms with van der Waals surface area (Å²) in [5, 5.41) is 9.50. The Kier molecular flexibility index (Phi) is 1.92. The summed E-state index contributed by atoms with van der Waals surface area (Å²) in [6.45, 7) is 0. The minimum absolute atomic E-state index is 0.0661. The molecule has 0 radical (unpaired) electrons. The summed E-state index contributed by atoms with van der Waals surface area (Å²) in [5.74, 6) is 0.924. The van der Waals surface area contributed by atoms with E-state index in [0.717, 1.165) is 5.75 Å². The number of hydrogen-bond acceptors (Lipinski definition) is 4. The van der Waals surface area contributed by atoms with Crippen molar-refractivity contribution in [2.45, 2.75) is 11.3 Å². The fourth-order valence-electron chi connectivity index (χ4n) is 1.37. The summed E-state index contributed by atoms with van der Waals surface area (Å²) in [6, 6.07) is 3.11. The Morgan fingerprint density at radius 2 is 2.23 bits per heavy atom. The number of aromatic hydroxyl groups is 1. The third-order valence-electron chi connectivity index (χ3n) is 1.97. The molecule has 0 fully saturated rings. The van der Waals surface area contributed by atoms with Crippen LogP contribution in [-0.2, 0) is 0 Å². The van der Waals surface area contributed by atoms with Crippen molar-refractivity contribution in [2.75, 3.05) is 11.5 Å². The number of carbonyl (C=O) groups excluding carboxylic acids is 1. The molecule has 0 saturated carbocycles. The Bertz CT molecular complexity index is 376. The molecule has 1 aromatic rings. The highest BCUT2D eigenvalue weighted by Gasteiger charge is 2.20. The van der Waals surface area contributed by atoms with Crippen molar-refractivity contribution in [3.8, 4) is 5.75 Å². The van der Waals surface area contributed by atoms with Gasteiger partial charge in [-0.05, 0) is 6.07 Å². The first-order valence-electron chi connectivity index (χ1n) is 3.97. The molecule has 1 heterocycles. The zero-order valence-electron chi connectivity index (χ0n) is 6.91. The third-order valence-corrected chi connectivity index (χ3v) is 3.09. The molecule has 1 aromatic carbocycles. The van der Waals surface area contributed by atoms with Gasteiger partial charge in [0, 0.05) is 29.5 Å². The zero-order valence-corrected chi connectivity index (χ0v) is 7.73. The van der Waals surface area contributed by atoms with E-state index in [0.29, 0.717) is 22.6 Å². The van der Waals surface area contributed by atoms with Gasteiger partial charge in [0.15, 0.2) is 5.78 Å². The van der Waals surface area contributed by atoms with E-state index in [2.05, 4.69) is 0 Å². The molecule has 0 unspecified atom stereocenters. The molecule has 0 aliphatic carbocycles. The highest BCUT2D eigenvalue weighted by Crippen LogP contribution is 2.38. The van der Waals surface area contributed by atoms with Gasteiger partial charge in [-0.2, -0.15) is 0 Å². The van der Waals surface area contributed by atoms with Gasteiger partial charge in [-0.3, -0.25) is 4.79 Å². The van der Waals surface area contributed by atoms with Crippen molar-refractivity contribution in [1.29, 1.82) is 0 Å². The van der Waals surface area contributed by atoms with Crippen molar-refractivity contribution in [1.82, 2.24) is 0 Å². The Labute approximate surface area is 79.9 Å². The lowest BCUT2D eigenvalue weighted by atomic mass is 10.1. The first kappa shape index (κ1) is 8.44. The van der Waals surface area contributed by atoms with Gasteiger partial charge in [0.05, 0.1) is 4.90 Å². The second-order valence-corrected chi connectivity index (χ2v) is 4.04. The number of nitrogens with two attached hydrogens (primary N) is 1. The smallest absolute Gasteiger partial charge is 0.165 e. The Balaban J connectivity index is 2.63. The monoisotopic (exact) mass is 195 g/mol. The summed E-state index contributed by atoms with van der Waals surface area (Å²) in [7, 11) is 0. The summed E-state index contributed by atoms with van der Waals surface area (Å²) >= 11 is 1.50. The number of phenolic OH excluding ortho intramolecular Hbond substituents is 1. The molecule has 0 atom stereocenters. The molecule has 13 heavy (non-hydrogen) atoms. The zero-order chi connectivity index (χ0) is 9.42. The van der Waals surface area contributed by atoms with Gasteiger partial charge in [-0.1, -0.05) is 0 Å². The van der Waals surface area contributed by atoms with E-state index in [4.69, 9.17) is 5.73 Å². The maximum atomic E-state index is 11.4.